The van der Waals surface area contributed by atoms with E-state index in [0.717, 1.165) is 24.8 Å². The van der Waals surface area contributed by atoms with Gasteiger partial charge in [0.05, 0.1) is 18.7 Å². The molecule has 1 aliphatic rings. The summed E-state index contributed by atoms with van der Waals surface area (Å²) in [5.41, 5.74) is 1.51. The predicted molar refractivity (Wildman–Crippen MR) is 105 cm³/mol. The van der Waals surface area contributed by atoms with E-state index < -0.39 is 0 Å². The number of aromatic nitrogens is 1. The first kappa shape index (κ1) is 19.9. The van der Waals surface area contributed by atoms with Crippen molar-refractivity contribution in [3.63, 3.8) is 0 Å². The zero-order chi connectivity index (χ0) is 19.9. The third-order valence-electron chi connectivity index (χ3n) is 4.80. The van der Waals surface area contributed by atoms with Crippen LogP contribution in [0.2, 0.25) is 0 Å². The molecule has 1 atom stereocenters. The lowest BCUT2D eigenvalue weighted by Gasteiger charge is -2.24. The van der Waals surface area contributed by atoms with E-state index in [1.165, 1.54) is 0 Å². The summed E-state index contributed by atoms with van der Waals surface area (Å²) in [7, 11) is 0. The van der Waals surface area contributed by atoms with Crippen LogP contribution >= 0.6 is 0 Å². The number of nitrogens with zero attached hydrogens (tertiary/aromatic N) is 2. The van der Waals surface area contributed by atoms with Gasteiger partial charge in [-0.25, -0.2) is 9.78 Å². The monoisotopic (exact) mass is 385 g/mol. The zero-order valence-corrected chi connectivity index (χ0v) is 16.4. The van der Waals surface area contributed by atoms with Gasteiger partial charge in [0.25, 0.3) is 0 Å². The Morgan fingerprint density at radius 3 is 2.82 bits per heavy atom. The molecule has 2 aromatic rings. The minimum Gasteiger partial charge on any atom is -0.450 e. The number of nitrogens with one attached hydrogen (secondary N) is 1. The number of ether oxygens (including phenoxy) is 1. The fourth-order valence-corrected chi connectivity index (χ4v) is 3.37. The van der Waals surface area contributed by atoms with Crippen molar-refractivity contribution in [3.8, 4) is 11.5 Å². The van der Waals surface area contributed by atoms with Gasteiger partial charge < -0.3 is 19.4 Å². The third kappa shape index (κ3) is 5.12. The number of hydrogen-bond acceptors (Lipinski definition) is 5. The average Bonchev–Trinajstić information content (AvgIpc) is 2.89. The maximum atomic E-state index is 12.6. The fraction of sp³-hybridized carbons (Fsp3) is 0.476. The SMILES string of the molecule is CCOC(=O)N1CCCC[C@H](NC(=O)Cc2nc(-c3ccccc3)oc2C)C1. The van der Waals surface area contributed by atoms with Gasteiger partial charge >= 0.3 is 6.09 Å². The maximum absolute atomic E-state index is 12.6. The number of carbonyl (C=O) groups is 2. The minimum atomic E-state index is -0.316. The summed E-state index contributed by atoms with van der Waals surface area (Å²) in [4.78, 5) is 30.8. The van der Waals surface area contributed by atoms with Crippen LogP contribution in [-0.2, 0) is 16.0 Å². The Bertz CT molecular complexity index is 803. The first-order valence-corrected chi connectivity index (χ1v) is 9.79. The van der Waals surface area contributed by atoms with Crippen molar-refractivity contribution in [1.82, 2.24) is 15.2 Å². The summed E-state index contributed by atoms with van der Waals surface area (Å²) in [5.74, 6) is 1.04. The lowest BCUT2D eigenvalue weighted by molar-refractivity contribution is -0.121. The molecule has 0 unspecified atom stereocenters. The second-order valence-corrected chi connectivity index (χ2v) is 6.97. The molecule has 1 fully saturated rings. The number of amides is 2. The highest BCUT2D eigenvalue weighted by Gasteiger charge is 2.24. The highest BCUT2D eigenvalue weighted by Crippen LogP contribution is 2.21. The molecule has 7 nitrogen and oxygen atoms in total. The predicted octanol–water partition coefficient (Wildman–Crippen LogP) is 3.32. The van der Waals surface area contributed by atoms with Gasteiger partial charge in [-0.05, 0) is 45.2 Å². The molecular formula is C21H27N3O4. The van der Waals surface area contributed by atoms with Crippen molar-refractivity contribution in [1.29, 1.82) is 0 Å². The highest BCUT2D eigenvalue weighted by molar-refractivity contribution is 5.79. The standard InChI is InChI=1S/C21H27N3O4/c1-3-27-21(26)24-12-8-7-11-17(14-24)22-19(25)13-18-15(2)28-20(23-18)16-9-5-4-6-10-16/h4-6,9-10,17H,3,7-8,11-14H2,1-2H3,(H,22,25)/t17-/m0/s1. The number of likely N-dealkylation sites (tertiary alicyclic amines) is 1. The van der Waals surface area contributed by atoms with Crippen molar-refractivity contribution in [3.05, 3.63) is 41.8 Å². The van der Waals surface area contributed by atoms with Gasteiger partial charge in [-0.1, -0.05) is 18.2 Å². The first-order valence-electron chi connectivity index (χ1n) is 9.79. The molecule has 0 spiro atoms. The summed E-state index contributed by atoms with van der Waals surface area (Å²) >= 11 is 0. The van der Waals surface area contributed by atoms with Crippen molar-refractivity contribution >= 4 is 12.0 Å². The molecule has 2 amide bonds. The maximum Gasteiger partial charge on any atom is 0.409 e. The summed E-state index contributed by atoms with van der Waals surface area (Å²) in [6.07, 6.45) is 2.55. The van der Waals surface area contributed by atoms with E-state index in [2.05, 4.69) is 10.3 Å². The van der Waals surface area contributed by atoms with E-state index in [-0.39, 0.29) is 24.5 Å². The second kappa shape index (κ2) is 9.39. The van der Waals surface area contributed by atoms with E-state index in [9.17, 15) is 9.59 Å². The molecule has 1 aromatic heterocycles. The molecule has 2 heterocycles. The smallest absolute Gasteiger partial charge is 0.409 e. The van der Waals surface area contributed by atoms with Crippen molar-refractivity contribution in [2.75, 3.05) is 19.7 Å². The molecule has 1 aliphatic heterocycles. The van der Waals surface area contributed by atoms with Crippen LogP contribution in [0.5, 0.6) is 0 Å². The van der Waals surface area contributed by atoms with E-state index >= 15 is 0 Å². The van der Waals surface area contributed by atoms with Gasteiger partial charge in [0.15, 0.2) is 0 Å². The number of oxazole rings is 1. The van der Waals surface area contributed by atoms with Gasteiger partial charge in [-0.2, -0.15) is 0 Å². The van der Waals surface area contributed by atoms with Crippen LogP contribution in [0.4, 0.5) is 4.79 Å². The number of aryl methyl sites for hydroxylation is 1. The van der Waals surface area contributed by atoms with Gasteiger partial charge in [0.2, 0.25) is 11.8 Å². The Morgan fingerprint density at radius 1 is 1.29 bits per heavy atom. The summed E-state index contributed by atoms with van der Waals surface area (Å²) < 4.78 is 10.8. The summed E-state index contributed by atoms with van der Waals surface area (Å²) in [5, 5.41) is 3.04. The molecule has 3 rings (SSSR count). The Balaban J connectivity index is 1.60. The molecule has 1 N–H and O–H groups in total. The van der Waals surface area contributed by atoms with Crippen LogP contribution in [-0.4, -0.2) is 47.6 Å². The van der Waals surface area contributed by atoms with Crippen LogP contribution in [0.25, 0.3) is 11.5 Å². The molecule has 0 bridgehead atoms. The van der Waals surface area contributed by atoms with Crippen LogP contribution in [0.3, 0.4) is 0 Å². The first-order chi connectivity index (χ1) is 13.6. The summed E-state index contributed by atoms with van der Waals surface area (Å²) in [6, 6.07) is 9.53. The van der Waals surface area contributed by atoms with Gasteiger partial charge in [-0.15, -0.1) is 0 Å². The quantitative estimate of drug-likeness (QED) is 0.853. The normalized spacial score (nSPS) is 17.1. The lowest BCUT2D eigenvalue weighted by atomic mass is 10.1. The average molecular weight is 385 g/mol. The van der Waals surface area contributed by atoms with E-state index in [1.807, 2.05) is 37.3 Å². The number of benzene rings is 1. The molecule has 150 valence electrons. The van der Waals surface area contributed by atoms with Gasteiger partial charge in [0.1, 0.15) is 5.76 Å². The topological polar surface area (TPSA) is 84.7 Å². The van der Waals surface area contributed by atoms with Crippen molar-refractivity contribution in [2.45, 2.75) is 45.6 Å². The molecule has 28 heavy (non-hydrogen) atoms. The molecule has 0 radical (unpaired) electrons. The second-order valence-electron chi connectivity index (χ2n) is 6.97. The Kier molecular flexibility index (Phi) is 6.68. The Hall–Kier alpha value is -2.83. The van der Waals surface area contributed by atoms with Gasteiger partial charge in [0, 0.05) is 24.7 Å². The third-order valence-corrected chi connectivity index (χ3v) is 4.80. The largest absolute Gasteiger partial charge is 0.450 e. The number of hydrogen-bond donors (Lipinski definition) is 1. The van der Waals surface area contributed by atoms with E-state index in [0.29, 0.717) is 37.0 Å². The summed E-state index contributed by atoms with van der Waals surface area (Å²) in [6.45, 7) is 5.09. The zero-order valence-electron chi connectivity index (χ0n) is 16.4. The van der Waals surface area contributed by atoms with E-state index in [1.54, 1.807) is 11.8 Å². The van der Waals surface area contributed by atoms with E-state index in [4.69, 9.17) is 9.15 Å². The molecule has 0 aliphatic carbocycles. The number of rotatable bonds is 5. The molecule has 1 saturated heterocycles. The minimum absolute atomic E-state index is 0.0831. The number of carbonyl (C=O) groups excluding carboxylic acids is 2. The Morgan fingerprint density at radius 2 is 2.07 bits per heavy atom. The van der Waals surface area contributed by atoms with Crippen molar-refractivity contribution in [2.24, 2.45) is 0 Å². The fourth-order valence-electron chi connectivity index (χ4n) is 3.37. The molecular weight excluding hydrogens is 358 g/mol. The van der Waals surface area contributed by atoms with Crippen molar-refractivity contribution < 1.29 is 18.7 Å². The highest BCUT2D eigenvalue weighted by atomic mass is 16.6. The van der Waals surface area contributed by atoms with Crippen LogP contribution < -0.4 is 5.32 Å². The lowest BCUT2D eigenvalue weighted by Crippen LogP contribution is -2.45. The van der Waals surface area contributed by atoms with Crippen LogP contribution in [0, 0.1) is 6.92 Å². The Labute approximate surface area is 165 Å². The van der Waals surface area contributed by atoms with Crippen LogP contribution in [0.1, 0.15) is 37.6 Å². The molecule has 7 heteroatoms. The van der Waals surface area contributed by atoms with Gasteiger partial charge in [-0.3, -0.25) is 4.79 Å². The molecule has 0 saturated carbocycles. The molecule has 1 aromatic carbocycles. The van der Waals surface area contributed by atoms with Crippen LogP contribution in [0.15, 0.2) is 34.7 Å².